The minimum Gasteiger partial charge on any atom is -0.466 e. The van der Waals surface area contributed by atoms with E-state index in [-0.39, 0.29) is 17.3 Å². The second-order valence-corrected chi connectivity index (χ2v) is 5.28. The van der Waals surface area contributed by atoms with E-state index in [1.165, 1.54) is 6.42 Å². The van der Waals surface area contributed by atoms with E-state index in [2.05, 4.69) is 12.2 Å². The molecule has 3 heterocycles. The molecule has 0 aromatic heterocycles. The van der Waals surface area contributed by atoms with E-state index >= 15 is 0 Å². The molecule has 16 heavy (non-hydrogen) atoms. The van der Waals surface area contributed by atoms with Crippen LogP contribution < -0.4 is 0 Å². The van der Waals surface area contributed by atoms with Gasteiger partial charge in [-0.05, 0) is 38.3 Å². The summed E-state index contributed by atoms with van der Waals surface area (Å²) in [4.78, 5) is 0. The van der Waals surface area contributed by atoms with Crippen LogP contribution in [-0.2, 0) is 14.2 Å². The minimum atomic E-state index is -0.560. The lowest BCUT2D eigenvalue weighted by Crippen LogP contribution is -2.60. The number of ether oxygens (including phenoxy) is 3. The highest BCUT2D eigenvalue weighted by Gasteiger charge is 2.78. The van der Waals surface area contributed by atoms with Gasteiger partial charge >= 0.3 is 0 Å². The van der Waals surface area contributed by atoms with E-state index in [4.69, 9.17) is 14.2 Å². The van der Waals surface area contributed by atoms with E-state index in [1.807, 2.05) is 13.0 Å². The first-order valence-corrected chi connectivity index (χ1v) is 6.11. The van der Waals surface area contributed by atoms with Crippen LogP contribution in [0.5, 0.6) is 0 Å². The van der Waals surface area contributed by atoms with Crippen molar-refractivity contribution in [3.63, 3.8) is 0 Å². The SMILES string of the molecule is C/C=C/[C@]12OC=C[C@]34CCC[C@]13C[C@H](O2)O4. The third kappa shape index (κ3) is 0.721. The van der Waals surface area contributed by atoms with Gasteiger partial charge in [0.15, 0.2) is 6.29 Å². The van der Waals surface area contributed by atoms with E-state index in [9.17, 15) is 0 Å². The summed E-state index contributed by atoms with van der Waals surface area (Å²) in [5.74, 6) is -0.560. The lowest BCUT2D eigenvalue weighted by molar-refractivity contribution is -0.341. The lowest BCUT2D eigenvalue weighted by Gasteiger charge is -2.51. The van der Waals surface area contributed by atoms with Crippen molar-refractivity contribution in [2.45, 2.75) is 50.3 Å². The standard InChI is InChI=1S/C13H16O3/c1-2-4-13-11-5-3-6-12(11,7-8-14-13)15-10(9-11)16-13/h2,4,7-8,10H,3,5-6,9H2,1H3/b4-2+/t10-,11+,12+,13+/m0/s1. The molecule has 0 N–H and O–H groups in total. The minimum absolute atomic E-state index is 0.0198. The highest BCUT2D eigenvalue weighted by Crippen LogP contribution is 2.70. The molecule has 0 radical (unpaired) electrons. The second kappa shape index (κ2) is 2.54. The van der Waals surface area contributed by atoms with Crippen molar-refractivity contribution in [3.05, 3.63) is 24.5 Å². The van der Waals surface area contributed by atoms with Crippen LogP contribution in [-0.4, -0.2) is 17.7 Å². The van der Waals surface area contributed by atoms with Crippen LogP contribution in [0, 0.1) is 5.41 Å². The molecule has 0 unspecified atom stereocenters. The van der Waals surface area contributed by atoms with Crippen LogP contribution >= 0.6 is 0 Å². The van der Waals surface area contributed by atoms with Crippen molar-refractivity contribution in [2.75, 3.05) is 0 Å². The van der Waals surface area contributed by atoms with Gasteiger partial charge in [0, 0.05) is 6.42 Å². The first-order chi connectivity index (χ1) is 7.76. The molecule has 2 saturated heterocycles. The molecule has 3 heteroatoms. The topological polar surface area (TPSA) is 27.7 Å². The molecule has 0 aromatic rings. The van der Waals surface area contributed by atoms with Gasteiger partial charge in [-0.2, -0.15) is 0 Å². The van der Waals surface area contributed by atoms with Crippen LogP contribution in [0.4, 0.5) is 0 Å². The zero-order valence-corrected chi connectivity index (χ0v) is 9.44. The highest BCUT2D eigenvalue weighted by atomic mass is 16.8. The fourth-order valence-corrected chi connectivity index (χ4v) is 4.22. The van der Waals surface area contributed by atoms with Crippen LogP contribution in [0.2, 0.25) is 0 Å². The summed E-state index contributed by atoms with van der Waals surface area (Å²) < 4.78 is 17.9. The molecule has 1 aliphatic carbocycles. The number of hydrogen-bond acceptors (Lipinski definition) is 3. The van der Waals surface area contributed by atoms with Gasteiger partial charge < -0.3 is 14.2 Å². The van der Waals surface area contributed by atoms with E-state index < -0.39 is 5.79 Å². The van der Waals surface area contributed by atoms with E-state index in [0.717, 1.165) is 19.3 Å². The number of allylic oxidation sites excluding steroid dienone is 1. The van der Waals surface area contributed by atoms with Crippen molar-refractivity contribution in [1.82, 2.24) is 0 Å². The van der Waals surface area contributed by atoms with Gasteiger partial charge in [-0.3, -0.25) is 0 Å². The van der Waals surface area contributed by atoms with Gasteiger partial charge in [0.05, 0.1) is 11.7 Å². The van der Waals surface area contributed by atoms with Crippen molar-refractivity contribution in [1.29, 1.82) is 0 Å². The number of fused-ring (bicyclic) bond motifs is 1. The van der Waals surface area contributed by atoms with Crippen LogP contribution in [0.1, 0.15) is 32.6 Å². The van der Waals surface area contributed by atoms with Gasteiger partial charge in [-0.1, -0.05) is 6.08 Å². The summed E-state index contributed by atoms with van der Waals surface area (Å²) in [6.45, 7) is 2.01. The molecule has 2 bridgehead atoms. The van der Waals surface area contributed by atoms with Gasteiger partial charge in [-0.15, -0.1) is 0 Å². The van der Waals surface area contributed by atoms with Gasteiger partial charge in [-0.25, -0.2) is 0 Å². The van der Waals surface area contributed by atoms with Crippen molar-refractivity contribution >= 4 is 0 Å². The largest absolute Gasteiger partial charge is 0.466 e. The van der Waals surface area contributed by atoms with Crippen molar-refractivity contribution < 1.29 is 14.2 Å². The number of hydrogen-bond donors (Lipinski definition) is 0. The Morgan fingerprint density at radius 3 is 3.12 bits per heavy atom. The monoisotopic (exact) mass is 220 g/mol. The maximum absolute atomic E-state index is 6.08. The molecule has 86 valence electrons. The normalized spacial score (nSPS) is 56.9. The summed E-state index contributed by atoms with van der Waals surface area (Å²) in [5.41, 5.74) is -0.0976. The summed E-state index contributed by atoms with van der Waals surface area (Å²) in [5, 5.41) is 0. The Labute approximate surface area is 95.1 Å². The first kappa shape index (κ1) is 9.25. The smallest absolute Gasteiger partial charge is 0.240 e. The molecule has 3 aliphatic heterocycles. The third-order valence-electron chi connectivity index (χ3n) is 4.76. The summed E-state index contributed by atoms with van der Waals surface area (Å²) in [7, 11) is 0. The quantitative estimate of drug-likeness (QED) is 0.635. The molecule has 3 nitrogen and oxygen atoms in total. The maximum Gasteiger partial charge on any atom is 0.240 e. The molecule has 1 saturated carbocycles. The molecule has 4 rings (SSSR count). The van der Waals surface area contributed by atoms with Crippen LogP contribution in [0.15, 0.2) is 24.5 Å². The average Bonchev–Trinajstić information content (AvgIpc) is 2.79. The molecule has 1 spiro atoms. The summed E-state index contributed by atoms with van der Waals surface area (Å²) >= 11 is 0. The molecular formula is C13H16O3. The zero-order chi connectivity index (χ0) is 10.9. The van der Waals surface area contributed by atoms with Crippen LogP contribution in [0.3, 0.4) is 0 Å². The third-order valence-corrected chi connectivity index (χ3v) is 4.76. The van der Waals surface area contributed by atoms with Gasteiger partial charge in [0.2, 0.25) is 5.79 Å². The molecule has 4 aliphatic rings. The first-order valence-electron chi connectivity index (χ1n) is 6.11. The van der Waals surface area contributed by atoms with Gasteiger partial charge in [0.25, 0.3) is 0 Å². The van der Waals surface area contributed by atoms with Crippen LogP contribution in [0.25, 0.3) is 0 Å². The Balaban J connectivity index is 1.95. The fraction of sp³-hybridized carbons (Fsp3) is 0.692. The highest BCUT2D eigenvalue weighted by molar-refractivity contribution is 5.31. The molecule has 0 amide bonds. The maximum atomic E-state index is 6.08. The Morgan fingerprint density at radius 1 is 1.31 bits per heavy atom. The Bertz CT molecular complexity index is 402. The molecular weight excluding hydrogens is 204 g/mol. The predicted octanol–water partition coefficient (Wildman–Crippen LogP) is 2.49. The predicted molar refractivity (Wildman–Crippen MR) is 57.4 cm³/mol. The van der Waals surface area contributed by atoms with Crippen molar-refractivity contribution in [2.24, 2.45) is 5.41 Å². The molecule has 4 atom stereocenters. The number of rotatable bonds is 1. The Morgan fingerprint density at radius 2 is 2.25 bits per heavy atom. The zero-order valence-electron chi connectivity index (χ0n) is 9.44. The van der Waals surface area contributed by atoms with E-state index in [0.29, 0.717) is 0 Å². The Kier molecular flexibility index (Phi) is 1.47. The van der Waals surface area contributed by atoms with E-state index in [1.54, 1.807) is 6.26 Å². The Hall–Kier alpha value is -0.800. The van der Waals surface area contributed by atoms with Gasteiger partial charge in [0.1, 0.15) is 5.60 Å². The molecule has 0 aromatic carbocycles. The second-order valence-electron chi connectivity index (χ2n) is 5.28. The lowest BCUT2D eigenvalue weighted by atomic mass is 9.67. The molecule has 3 fully saturated rings. The average molecular weight is 220 g/mol. The summed E-state index contributed by atoms with van der Waals surface area (Å²) in [6, 6.07) is 0. The van der Waals surface area contributed by atoms with Crippen molar-refractivity contribution in [3.8, 4) is 0 Å². The fourth-order valence-electron chi connectivity index (χ4n) is 4.22. The summed E-state index contributed by atoms with van der Waals surface area (Å²) in [6.07, 6.45) is 12.3.